The molecule has 0 saturated carbocycles. The number of esters is 1. The zero-order chi connectivity index (χ0) is 26.5. The van der Waals surface area contributed by atoms with Crippen molar-refractivity contribution < 1.29 is 9.53 Å². The minimum atomic E-state index is -0.195. The highest BCUT2D eigenvalue weighted by Crippen LogP contribution is 2.31. The molecule has 1 aliphatic rings. The van der Waals surface area contributed by atoms with Crippen molar-refractivity contribution in [3.05, 3.63) is 75.7 Å². The molecule has 0 spiro atoms. The van der Waals surface area contributed by atoms with Gasteiger partial charge in [0.15, 0.2) is 5.82 Å². The topological polar surface area (TPSA) is 108 Å². The molecule has 1 N–H and O–H groups in total. The average molecular weight is 515 g/mol. The molecule has 0 aliphatic carbocycles. The molecule has 5 rings (SSSR count). The van der Waals surface area contributed by atoms with Gasteiger partial charge in [0.25, 0.3) is 5.56 Å². The van der Waals surface area contributed by atoms with Crippen molar-refractivity contribution in [3.63, 3.8) is 0 Å². The Morgan fingerprint density at radius 1 is 1.11 bits per heavy atom. The molecule has 3 heterocycles. The lowest BCUT2D eigenvalue weighted by Crippen LogP contribution is -2.33. The number of aromatic amines is 1. The van der Waals surface area contributed by atoms with Gasteiger partial charge in [-0.3, -0.25) is 14.3 Å². The predicted molar refractivity (Wildman–Crippen MR) is 145 cm³/mol. The second-order valence-corrected chi connectivity index (χ2v) is 9.76. The summed E-state index contributed by atoms with van der Waals surface area (Å²) >= 11 is 0. The zero-order valence-corrected chi connectivity index (χ0v) is 22.0. The number of ether oxygens (including phenoxy) is 1. The van der Waals surface area contributed by atoms with E-state index in [0.29, 0.717) is 31.7 Å². The first-order chi connectivity index (χ1) is 18.6. The molecule has 0 saturated heterocycles. The number of benzene rings is 2. The summed E-state index contributed by atoms with van der Waals surface area (Å²) in [6, 6.07) is 16.4. The van der Waals surface area contributed by atoms with Crippen LogP contribution in [0.25, 0.3) is 22.5 Å². The van der Waals surface area contributed by atoms with Gasteiger partial charge in [0.2, 0.25) is 0 Å². The Morgan fingerprint density at radius 2 is 1.89 bits per heavy atom. The third-order valence-electron chi connectivity index (χ3n) is 7.29. The van der Waals surface area contributed by atoms with Crippen LogP contribution in [-0.2, 0) is 28.9 Å². The fraction of sp³-hybridized carbons (Fsp3) is 0.414. The lowest BCUT2D eigenvalue weighted by molar-refractivity contribution is -0.143. The summed E-state index contributed by atoms with van der Waals surface area (Å²) < 4.78 is 9.24. The van der Waals surface area contributed by atoms with E-state index >= 15 is 0 Å². The van der Waals surface area contributed by atoms with E-state index in [4.69, 9.17) is 4.74 Å². The number of tetrazole rings is 1. The van der Waals surface area contributed by atoms with Crippen LogP contribution in [0.4, 0.5) is 0 Å². The maximum atomic E-state index is 13.8. The Balaban J connectivity index is 1.42. The van der Waals surface area contributed by atoms with Crippen LogP contribution in [0.2, 0.25) is 0 Å². The fourth-order valence-electron chi connectivity index (χ4n) is 5.56. The standard InChI is InChI=1S/C29H34N6O3/c1-3-8-26-25(29(37)35-22(9-7-18-34(26)35)16-17-27(36)38-4-2)19-20-12-14-21(15-13-20)23-10-5-6-11-24(23)28-30-32-33-31-28/h5-6,10-15,22H,3-4,7-9,16-19H2,1-2H3,(H,30,31,32,33). The molecule has 1 unspecified atom stereocenters. The highest BCUT2D eigenvalue weighted by Gasteiger charge is 2.28. The van der Waals surface area contributed by atoms with Gasteiger partial charge in [0.05, 0.1) is 12.6 Å². The van der Waals surface area contributed by atoms with Crippen LogP contribution in [0, 0.1) is 0 Å². The molecule has 38 heavy (non-hydrogen) atoms. The van der Waals surface area contributed by atoms with Crippen molar-refractivity contribution in [2.45, 2.75) is 71.4 Å². The van der Waals surface area contributed by atoms with Gasteiger partial charge in [-0.05, 0) is 59.7 Å². The molecule has 9 nitrogen and oxygen atoms in total. The number of hydrogen-bond donors (Lipinski definition) is 1. The van der Waals surface area contributed by atoms with Crippen molar-refractivity contribution in [1.82, 2.24) is 30.0 Å². The van der Waals surface area contributed by atoms with Gasteiger partial charge >= 0.3 is 5.97 Å². The highest BCUT2D eigenvalue weighted by atomic mass is 16.5. The molecule has 198 valence electrons. The number of fused-ring (bicyclic) bond motifs is 1. The molecular weight excluding hydrogens is 480 g/mol. The Bertz CT molecular complexity index is 1440. The lowest BCUT2D eigenvalue weighted by atomic mass is 9.96. The van der Waals surface area contributed by atoms with E-state index in [1.54, 1.807) is 0 Å². The van der Waals surface area contributed by atoms with Gasteiger partial charge in [0.1, 0.15) is 0 Å². The summed E-state index contributed by atoms with van der Waals surface area (Å²) in [4.78, 5) is 25.8. The molecule has 9 heteroatoms. The Kier molecular flexibility index (Phi) is 7.81. The number of aromatic nitrogens is 6. The van der Waals surface area contributed by atoms with Crippen molar-refractivity contribution in [2.24, 2.45) is 0 Å². The third-order valence-corrected chi connectivity index (χ3v) is 7.29. The van der Waals surface area contributed by atoms with E-state index in [-0.39, 0.29) is 17.6 Å². The summed E-state index contributed by atoms with van der Waals surface area (Å²) in [6.07, 6.45) is 5.29. The molecule has 2 aromatic heterocycles. The van der Waals surface area contributed by atoms with Crippen molar-refractivity contribution in [2.75, 3.05) is 6.61 Å². The average Bonchev–Trinajstić information content (AvgIpc) is 3.57. The van der Waals surface area contributed by atoms with E-state index in [9.17, 15) is 9.59 Å². The summed E-state index contributed by atoms with van der Waals surface area (Å²) in [5, 5.41) is 14.3. The summed E-state index contributed by atoms with van der Waals surface area (Å²) in [6.45, 7) is 5.19. The summed E-state index contributed by atoms with van der Waals surface area (Å²) in [7, 11) is 0. The highest BCUT2D eigenvalue weighted by molar-refractivity contribution is 5.80. The Morgan fingerprint density at radius 3 is 2.61 bits per heavy atom. The van der Waals surface area contributed by atoms with Gasteiger partial charge in [0, 0.05) is 36.2 Å². The quantitative estimate of drug-likeness (QED) is 0.307. The van der Waals surface area contributed by atoms with Crippen LogP contribution in [0.15, 0.2) is 53.3 Å². The maximum Gasteiger partial charge on any atom is 0.305 e. The smallest absolute Gasteiger partial charge is 0.305 e. The van der Waals surface area contributed by atoms with Crippen molar-refractivity contribution in [3.8, 4) is 22.5 Å². The van der Waals surface area contributed by atoms with Crippen molar-refractivity contribution in [1.29, 1.82) is 0 Å². The van der Waals surface area contributed by atoms with Gasteiger partial charge in [-0.25, -0.2) is 9.78 Å². The first kappa shape index (κ1) is 25.6. The molecule has 0 radical (unpaired) electrons. The summed E-state index contributed by atoms with van der Waals surface area (Å²) in [5.41, 5.74) is 6.20. The normalized spacial score (nSPS) is 14.8. The van der Waals surface area contributed by atoms with E-state index < -0.39 is 0 Å². The van der Waals surface area contributed by atoms with E-state index in [2.05, 4.69) is 62.6 Å². The minimum Gasteiger partial charge on any atom is -0.466 e. The molecule has 1 aliphatic heterocycles. The number of H-pyrrole nitrogens is 1. The molecule has 1 atom stereocenters. The molecule has 0 fully saturated rings. The fourth-order valence-corrected chi connectivity index (χ4v) is 5.56. The number of rotatable bonds is 10. The second-order valence-electron chi connectivity index (χ2n) is 9.76. The van der Waals surface area contributed by atoms with Gasteiger partial charge in [-0.1, -0.05) is 61.9 Å². The third kappa shape index (κ3) is 5.18. The molecular formula is C29H34N6O3. The molecule has 0 bridgehead atoms. The molecule has 4 aromatic rings. The first-order valence-electron chi connectivity index (χ1n) is 13.5. The van der Waals surface area contributed by atoms with Crippen molar-refractivity contribution >= 4 is 5.97 Å². The van der Waals surface area contributed by atoms with E-state index in [1.807, 2.05) is 29.8 Å². The van der Waals surface area contributed by atoms with Gasteiger partial charge in [-0.15, -0.1) is 5.10 Å². The van der Waals surface area contributed by atoms with Crippen LogP contribution < -0.4 is 5.56 Å². The number of carbonyl (C=O) groups excluding carboxylic acids is 1. The first-order valence-corrected chi connectivity index (χ1v) is 13.5. The monoisotopic (exact) mass is 514 g/mol. The lowest BCUT2D eigenvalue weighted by Gasteiger charge is -2.28. The number of nitrogens with one attached hydrogen (secondary N) is 1. The minimum absolute atomic E-state index is 0.0227. The summed E-state index contributed by atoms with van der Waals surface area (Å²) in [5.74, 6) is 0.429. The van der Waals surface area contributed by atoms with Crippen LogP contribution in [0.3, 0.4) is 0 Å². The molecule has 2 aromatic carbocycles. The van der Waals surface area contributed by atoms with Gasteiger partial charge in [-0.2, -0.15) is 0 Å². The Hall–Kier alpha value is -4.01. The molecule has 0 amide bonds. The van der Waals surface area contributed by atoms with Crippen LogP contribution in [-0.4, -0.2) is 42.6 Å². The van der Waals surface area contributed by atoms with E-state index in [0.717, 1.165) is 65.7 Å². The second kappa shape index (κ2) is 11.6. The number of nitrogens with zero attached hydrogens (tertiary/aromatic N) is 5. The maximum absolute atomic E-state index is 13.8. The zero-order valence-electron chi connectivity index (χ0n) is 22.0. The number of carbonyl (C=O) groups is 1. The van der Waals surface area contributed by atoms with Crippen LogP contribution in [0.1, 0.15) is 68.8 Å². The SMILES string of the molecule is CCCc1c(Cc2ccc(-c3ccccc3-c3nnn[nH]3)cc2)c(=O)n2n1CCCC2CCC(=O)OCC. The van der Waals surface area contributed by atoms with Crippen LogP contribution in [0.5, 0.6) is 0 Å². The predicted octanol–water partition coefficient (Wildman–Crippen LogP) is 4.72. The van der Waals surface area contributed by atoms with Gasteiger partial charge < -0.3 is 4.74 Å². The number of hydrogen-bond acceptors (Lipinski definition) is 6. The largest absolute Gasteiger partial charge is 0.466 e. The Labute approximate surface area is 221 Å². The van der Waals surface area contributed by atoms with Crippen LogP contribution >= 0.6 is 0 Å². The van der Waals surface area contributed by atoms with E-state index in [1.165, 1.54) is 0 Å².